The molecule has 0 spiro atoms. The van der Waals surface area contributed by atoms with Gasteiger partial charge in [-0.25, -0.2) is 0 Å². The first kappa shape index (κ1) is 22.4. The number of hydrogen-bond donors (Lipinski definition) is 0. The van der Waals surface area contributed by atoms with E-state index in [0.717, 1.165) is 56.8 Å². The molecule has 28 heavy (non-hydrogen) atoms. The number of halogens is 1. The van der Waals surface area contributed by atoms with Gasteiger partial charge in [0.15, 0.2) is 0 Å². The summed E-state index contributed by atoms with van der Waals surface area (Å²) in [6.07, 6.45) is 1.84. The molecule has 1 atom stereocenters. The van der Waals surface area contributed by atoms with Crippen molar-refractivity contribution in [1.82, 2.24) is 4.90 Å². The van der Waals surface area contributed by atoms with Gasteiger partial charge in [-0.3, -0.25) is 9.69 Å². The standard InChI is InChI=1S/C23H29NO3.ClH/c1-2-23(21-11-7-4-8-12-21,13-14-24-15-17-26-18-16-24)27-22(25)19-20-9-5-3-6-10-20;/h3-12H,2,13-19H2,1H3;1H. The first-order valence-electron chi connectivity index (χ1n) is 9.83. The molecule has 4 nitrogen and oxygen atoms in total. The van der Waals surface area contributed by atoms with Crippen LogP contribution in [0.15, 0.2) is 60.7 Å². The maximum absolute atomic E-state index is 12.8. The molecular formula is C23H30ClNO3. The summed E-state index contributed by atoms with van der Waals surface area (Å²) in [5.41, 5.74) is 1.46. The zero-order valence-corrected chi connectivity index (χ0v) is 17.3. The smallest absolute Gasteiger partial charge is 0.311 e. The van der Waals surface area contributed by atoms with Gasteiger partial charge in [0.25, 0.3) is 0 Å². The van der Waals surface area contributed by atoms with E-state index in [9.17, 15) is 4.79 Å². The van der Waals surface area contributed by atoms with Gasteiger partial charge < -0.3 is 9.47 Å². The second kappa shape index (κ2) is 11.2. The number of ether oxygens (including phenoxy) is 2. The van der Waals surface area contributed by atoms with Gasteiger partial charge in [0.2, 0.25) is 0 Å². The van der Waals surface area contributed by atoms with E-state index >= 15 is 0 Å². The molecule has 1 saturated heterocycles. The number of esters is 1. The second-order valence-corrected chi connectivity index (χ2v) is 7.05. The van der Waals surface area contributed by atoms with Crippen molar-refractivity contribution < 1.29 is 14.3 Å². The molecule has 2 aromatic carbocycles. The van der Waals surface area contributed by atoms with Crippen LogP contribution in [0.4, 0.5) is 0 Å². The molecule has 3 rings (SSSR count). The third kappa shape index (κ3) is 6.06. The summed E-state index contributed by atoms with van der Waals surface area (Å²) in [6.45, 7) is 6.42. The predicted octanol–water partition coefficient (Wildman–Crippen LogP) is 4.22. The van der Waals surface area contributed by atoms with Gasteiger partial charge in [0, 0.05) is 26.1 Å². The normalized spacial score (nSPS) is 16.6. The van der Waals surface area contributed by atoms with Gasteiger partial charge >= 0.3 is 5.97 Å². The summed E-state index contributed by atoms with van der Waals surface area (Å²) < 4.78 is 11.6. The highest BCUT2D eigenvalue weighted by molar-refractivity contribution is 5.85. The molecule has 0 aromatic heterocycles. The Kier molecular flexibility index (Phi) is 8.97. The zero-order valence-electron chi connectivity index (χ0n) is 16.5. The molecular weight excluding hydrogens is 374 g/mol. The van der Waals surface area contributed by atoms with E-state index in [4.69, 9.17) is 9.47 Å². The minimum absolute atomic E-state index is 0. The van der Waals surface area contributed by atoms with E-state index in [0.29, 0.717) is 6.42 Å². The fourth-order valence-corrected chi connectivity index (χ4v) is 3.63. The van der Waals surface area contributed by atoms with Crippen molar-refractivity contribution in [3.05, 3.63) is 71.8 Å². The van der Waals surface area contributed by atoms with Crippen molar-refractivity contribution >= 4 is 18.4 Å². The van der Waals surface area contributed by atoms with Gasteiger partial charge in [0.1, 0.15) is 5.60 Å². The van der Waals surface area contributed by atoms with Crippen LogP contribution < -0.4 is 0 Å². The van der Waals surface area contributed by atoms with Crippen LogP contribution in [0.3, 0.4) is 0 Å². The van der Waals surface area contributed by atoms with Crippen molar-refractivity contribution in [3.63, 3.8) is 0 Å². The number of carbonyl (C=O) groups excluding carboxylic acids is 1. The number of hydrogen-bond acceptors (Lipinski definition) is 4. The number of morpholine rings is 1. The molecule has 152 valence electrons. The Balaban J connectivity index is 0.00000280. The minimum Gasteiger partial charge on any atom is -0.454 e. The van der Waals surface area contributed by atoms with Crippen LogP contribution in [-0.2, 0) is 26.3 Å². The lowest BCUT2D eigenvalue weighted by Crippen LogP contribution is -2.41. The van der Waals surface area contributed by atoms with E-state index in [1.165, 1.54) is 0 Å². The lowest BCUT2D eigenvalue weighted by atomic mass is 9.87. The van der Waals surface area contributed by atoms with E-state index in [-0.39, 0.29) is 18.4 Å². The SMILES string of the molecule is CCC(CCN1CCOCC1)(OC(=O)Cc1ccccc1)c1ccccc1.Cl. The van der Waals surface area contributed by atoms with Crippen molar-refractivity contribution in [2.45, 2.75) is 31.8 Å². The lowest BCUT2D eigenvalue weighted by Gasteiger charge is -2.36. The summed E-state index contributed by atoms with van der Waals surface area (Å²) in [5.74, 6) is -0.172. The van der Waals surface area contributed by atoms with Gasteiger partial charge in [-0.1, -0.05) is 67.6 Å². The van der Waals surface area contributed by atoms with Crippen LogP contribution in [0, 0.1) is 0 Å². The average Bonchev–Trinajstić information content (AvgIpc) is 2.73. The molecule has 1 aliphatic heterocycles. The van der Waals surface area contributed by atoms with Crippen molar-refractivity contribution in [2.24, 2.45) is 0 Å². The number of nitrogens with zero attached hydrogens (tertiary/aromatic N) is 1. The topological polar surface area (TPSA) is 38.8 Å². The first-order valence-corrected chi connectivity index (χ1v) is 9.83. The molecule has 0 aliphatic carbocycles. The maximum atomic E-state index is 12.8. The monoisotopic (exact) mass is 403 g/mol. The van der Waals surface area contributed by atoms with Crippen LogP contribution in [-0.4, -0.2) is 43.7 Å². The lowest BCUT2D eigenvalue weighted by molar-refractivity contribution is -0.162. The fraction of sp³-hybridized carbons (Fsp3) is 0.435. The number of benzene rings is 2. The Morgan fingerprint density at radius 1 is 1.04 bits per heavy atom. The number of carbonyl (C=O) groups is 1. The molecule has 5 heteroatoms. The van der Waals surface area contributed by atoms with Crippen LogP contribution in [0.25, 0.3) is 0 Å². The molecule has 1 aliphatic rings. The highest BCUT2D eigenvalue weighted by Gasteiger charge is 2.35. The largest absolute Gasteiger partial charge is 0.454 e. The van der Waals surface area contributed by atoms with Gasteiger partial charge in [0.05, 0.1) is 19.6 Å². The van der Waals surface area contributed by atoms with Gasteiger partial charge in [-0.15, -0.1) is 12.4 Å². The Labute approximate surface area is 174 Å². The molecule has 0 radical (unpaired) electrons. The summed E-state index contributed by atoms with van der Waals surface area (Å²) in [5, 5.41) is 0. The van der Waals surface area contributed by atoms with Gasteiger partial charge in [-0.2, -0.15) is 0 Å². The highest BCUT2D eigenvalue weighted by Crippen LogP contribution is 2.34. The molecule has 1 fully saturated rings. The average molecular weight is 404 g/mol. The fourth-order valence-electron chi connectivity index (χ4n) is 3.63. The first-order chi connectivity index (χ1) is 13.2. The van der Waals surface area contributed by atoms with Crippen molar-refractivity contribution in [3.8, 4) is 0 Å². The Morgan fingerprint density at radius 3 is 2.25 bits per heavy atom. The summed E-state index contributed by atoms with van der Waals surface area (Å²) >= 11 is 0. The maximum Gasteiger partial charge on any atom is 0.311 e. The van der Waals surface area contributed by atoms with E-state index < -0.39 is 5.60 Å². The van der Waals surface area contributed by atoms with E-state index in [2.05, 4.69) is 24.0 Å². The van der Waals surface area contributed by atoms with Crippen LogP contribution in [0.5, 0.6) is 0 Å². The Hall–Kier alpha value is -1.88. The predicted molar refractivity (Wildman–Crippen MR) is 114 cm³/mol. The van der Waals surface area contributed by atoms with Crippen molar-refractivity contribution in [1.29, 1.82) is 0 Å². The van der Waals surface area contributed by atoms with Crippen LogP contribution in [0.2, 0.25) is 0 Å². The third-order valence-corrected chi connectivity index (χ3v) is 5.31. The zero-order chi connectivity index (χ0) is 19.0. The van der Waals surface area contributed by atoms with Crippen LogP contribution in [0.1, 0.15) is 30.9 Å². The Morgan fingerprint density at radius 2 is 1.64 bits per heavy atom. The summed E-state index contributed by atoms with van der Waals surface area (Å²) in [7, 11) is 0. The van der Waals surface area contributed by atoms with Crippen LogP contribution >= 0.6 is 12.4 Å². The molecule has 1 unspecified atom stereocenters. The summed E-state index contributed by atoms with van der Waals surface area (Å²) in [4.78, 5) is 15.1. The minimum atomic E-state index is -0.592. The molecule has 1 heterocycles. The van der Waals surface area contributed by atoms with E-state index in [1.807, 2.05) is 48.5 Å². The molecule has 0 saturated carbocycles. The number of rotatable bonds is 8. The quantitative estimate of drug-likeness (QED) is 0.618. The summed E-state index contributed by atoms with van der Waals surface area (Å²) in [6, 6.07) is 19.9. The molecule has 0 bridgehead atoms. The Bertz CT molecular complexity index is 704. The second-order valence-electron chi connectivity index (χ2n) is 7.05. The van der Waals surface area contributed by atoms with Crippen molar-refractivity contribution in [2.75, 3.05) is 32.8 Å². The highest BCUT2D eigenvalue weighted by atomic mass is 35.5. The molecule has 0 amide bonds. The van der Waals surface area contributed by atoms with Gasteiger partial charge in [-0.05, 0) is 17.5 Å². The third-order valence-electron chi connectivity index (χ3n) is 5.31. The molecule has 2 aromatic rings. The molecule has 0 N–H and O–H groups in total. The van der Waals surface area contributed by atoms with E-state index in [1.54, 1.807) is 0 Å².